The van der Waals surface area contributed by atoms with Gasteiger partial charge in [0.25, 0.3) is 5.56 Å². The fourth-order valence-electron chi connectivity index (χ4n) is 1.34. The molecule has 2 aromatic heterocycles. The Morgan fingerprint density at radius 3 is 3.00 bits per heavy atom. The molecule has 16 heavy (non-hydrogen) atoms. The monoisotopic (exact) mass is 219 g/mol. The lowest BCUT2D eigenvalue weighted by atomic mass is 10.5. The third-order valence-electron chi connectivity index (χ3n) is 2.21. The first kappa shape index (κ1) is 10.4. The molecule has 0 atom stereocenters. The maximum absolute atomic E-state index is 11.6. The van der Waals surface area contributed by atoms with Gasteiger partial charge in [-0.3, -0.25) is 9.48 Å². The van der Waals surface area contributed by atoms with Crippen LogP contribution in [0.5, 0.6) is 0 Å². The normalized spacial score (nSPS) is 10.3. The summed E-state index contributed by atoms with van der Waals surface area (Å²) < 4.78 is 3.28. The molecule has 0 radical (unpaired) electrons. The summed E-state index contributed by atoms with van der Waals surface area (Å²) in [6, 6.07) is 1.86. The van der Waals surface area contributed by atoms with Gasteiger partial charge in [0.2, 0.25) is 0 Å². The molecule has 0 spiro atoms. The molecular formula is C10H13N5O. The van der Waals surface area contributed by atoms with Gasteiger partial charge >= 0.3 is 0 Å². The first-order chi connectivity index (χ1) is 7.77. The summed E-state index contributed by atoms with van der Waals surface area (Å²) in [5, 5.41) is 7.05. The molecule has 6 nitrogen and oxygen atoms in total. The highest BCUT2D eigenvalue weighted by atomic mass is 16.1. The molecule has 1 N–H and O–H groups in total. The summed E-state index contributed by atoms with van der Waals surface area (Å²) in [6.45, 7) is 1.32. The molecule has 0 aliphatic carbocycles. The van der Waals surface area contributed by atoms with Gasteiger partial charge in [-0.1, -0.05) is 0 Å². The second kappa shape index (κ2) is 4.61. The lowest BCUT2D eigenvalue weighted by Crippen LogP contribution is -2.23. The molecule has 0 aromatic carbocycles. The minimum absolute atomic E-state index is 0.122. The van der Waals surface area contributed by atoms with Crippen molar-refractivity contribution < 1.29 is 0 Å². The molecule has 0 saturated heterocycles. The van der Waals surface area contributed by atoms with E-state index in [4.69, 9.17) is 0 Å². The van der Waals surface area contributed by atoms with Crippen LogP contribution in [-0.4, -0.2) is 25.9 Å². The van der Waals surface area contributed by atoms with Crippen molar-refractivity contribution in [1.29, 1.82) is 0 Å². The van der Waals surface area contributed by atoms with E-state index in [-0.39, 0.29) is 5.56 Å². The summed E-state index contributed by atoms with van der Waals surface area (Å²) in [6.07, 6.45) is 6.82. The number of nitrogens with one attached hydrogen (secondary N) is 1. The average Bonchev–Trinajstić information content (AvgIpc) is 2.77. The van der Waals surface area contributed by atoms with Crippen molar-refractivity contribution >= 4 is 5.82 Å². The highest BCUT2D eigenvalue weighted by Gasteiger charge is 2.00. The lowest BCUT2D eigenvalue weighted by Gasteiger charge is -2.05. The molecule has 0 aliphatic rings. The van der Waals surface area contributed by atoms with Crippen LogP contribution in [0.1, 0.15) is 0 Å². The smallest absolute Gasteiger partial charge is 0.293 e. The molecule has 0 fully saturated rings. The third kappa shape index (κ3) is 2.28. The largest absolute Gasteiger partial charge is 0.364 e. The second-order valence-electron chi connectivity index (χ2n) is 3.39. The Morgan fingerprint density at radius 1 is 1.38 bits per heavy atom. The summed E-state index contributed by atoms with van der Waals surface area (Å²) >= 11 is 0. The van der Waals surface area contributed by atoms with Crippen LogP contribution in [0.2, 0.25) is 0 Å². The number of hydrogen-bond acceptors (Lipinski definition) is 4. The van der Waals surface area contributed by atoms with Gasteiger partial charge in [0.05, 0.1) is 6.54 Å². The minimum atomic E-state index is -0.122. The van der Waals surface area contributed by atoms with Crippen molar-refractivity contribution in [3.05, 3.63) is 41.2 Å². The van der Waals surface area contributed by atoms with E-state index >= 15 is 0 Å². The Labute approximate surface area is 92.6 Å². The molecule has 2 aromatic rings. The van der Waals surface area contributed by atoms with Crippen LogP contribution in [0.3, 0.4) is 0 Å². The Balaban J connectivity index is 1.95. The zero-order valence-electron chi connectivity index (χ0n) is 9.00. The predicted octanol–water partition coefficient (Wildman–Crippen LogP) is 0.0889. The maximum Gasteiger partial charge on any atom is 0.293 e. The standard InChI is InChI=1S/C10H13N5O/c1-14-7-4-11-9(10(14)16)12-5-8-15-6-2-3-13-15/h2-4,6-7H,5,8H2,1H3,(H,11,12). The Bertz CT molecular complexity index is 502. The van der Waals surface area contributed by atoms with Crippen molar-refractivity contribution in [2.45, 2.75) is 6.54 Å². The number of anilines is 1. The topological polar surface area (TPSA) is 64.7 Å². The first-order valence-corrected chi connectivity index (χ1v) is 5.00. The molecule has 2 heterocycles. The van der Waals surface area contributed by atoms with Crippen molar-refractivity contribution in [3.8, 4) is 0 Å². The second-order valence-corrected chi connectivity index (χ2v) is 3.39. The molecule has 84 valence electrons. The fourth-order valence-corrected chi connectivity index (χ4v) is 1.34. The summed E-state index contributed by atoms with van der Waals surface area (Å²) in [5.41, 5.74) is -0.122. The summed E-state index contributed by atoms with van der Waals surface area (Å²) in [5.74, 6) is 0.372. The van der Waals surface area contributed by atoms with Gasteiger partial charge in [-0.05, 0) is 6.07 Å². The molecule has 0 unspecified atom stereocenters. The van der Waals surface area contributed by atoms with E-state index in [1.54, 1.807) is 30.3 Å². The van der Waals surface area contributed by atoms with E-state index in [0.29, 0.717) is 18.9 Å². The highest BCUT2D eigenvalue weighted by molar-refractivity contribution is 5.30. The van der Waals surface area contributed by atoms with Crippen LogP contribution in [0.4, 0.5) is 5.82 Å². The van der Waals surface area contributed by atoms with Gasteiger partial charge in [0.1, 0.15) is 0 Å². The van der Waals surface area contributed by atoms with E-state index in [1.807, 2.05) is 12.3 Å². The van der Waals surface area contributed by atoms with Crippen LogP contribution < -0.4 is 10.9 Å². The van der Waals surface area contributed by atoms with E-state index in [9.17, 15) is 4.79 Å². The predicted molar refractivity (Wildman–Crippen MR) is 60.2 cm³/mol. The van der Waals surface area contributed by atoms with Crippen molar-refractivity contribution in [2.24, 2.45) is 7.05 Å². The van der Waals surface area contributed by atoms with Crippen molar-refractivity contribution in [1.82, 2.24) is 19.3 Å². The third-order valence-corrected chi connectivity index (χ3v) is 2.21. The zero-order chi connectivity index (χ0) is 11.4. The van der Waals surface area contributed by atoms with Gasteiger partial charge in [0, 0.05) is 38.4 Å². The maximum atomic E-state index is 11.6. The Kier molecular flexibility index (Phi) is 3.00. The summed E-state index contributed by atoms with van der Waals surface area (Å²) in [7, 11) is 1.70. The average molecular weight is 219 g/mol. The van der Waals surface area contributed by atoms with Crippen LogP contribution in [0.15, 0.2) is 35.6 Å². The van der Waals surface area contributed by atoms with E-state index < -0.39 is 0 Å². The van der Waals surface area contributed by atoms with Crippen LogP contribution >= 0.6 is 0 Å². The number of aryl methyl sites for hydroxylation is 1. The van der Waals surface area contributed by atoms with Gasteiger partial charge in [-0.2, -0.15) is 5.10 Å². The number of rotatable bonds is 4. The van der Waals surface area contributed by atoms with Crippen molar-refractivity contribution in [3.63, 3.8) is 0 Å². The highest BCUT2D eigenvalue weighted by Crippen LogP contribution is 1.91. The van der Waals surface area contributed by atoms with Gasteiger partial charge in [0.15, 0.2) is 5.82 Å². The molecule has 6 heteroatoms. The fraction of sp³-hybridized carbons (Fsp3) is 0.300. The van der Waals surface area contributed by atoms with E-state index in [2.05, 4.69) is 15.4 Å². The zero-order valence-corrected chi connectivity index (χ0v) is 9.00. The van der Waals surface area contributed by atoms with Crippen molar-refractivity contribution in [2.75, 3.05) is 11.9 Å². The van der Waals surface area contributed by atoms with Gasteiger partial charge in [-0.15, -0.1) is 0 Å². The minimum Gasteiger partial charge on any atom is -0.364 e. The molecular weight excluding hydrogens is 206 g/mol. The van der Waals surface area contributed by atoms with Crippen LogP contribution in [-0.2, 0) is 13.6 Å². The van der Waals surface area contributed by atoms with Gasteiger partial charge in [-0.25, -0.2) is 4.98 Å². The Morgan fingerprint density at radius 2 is 2.25 bits per heavy atom. The molecule has 0 amide bonds. The summed E-state index contributed by atoms with van der Waals surface area (Å²) in [4.78, 5) is 15.6. The number of hydrogen-bond donors (Lipinski definition) is 1. The molecule has 0 saturated carbocycles. The van der Waals surface area contributed by atoms with Crippen LogP contribution in [0, 0.1) is 0 Å². The Hall–Kier alpha value is -2.11. The lowest BCUT2D eigenvalue weighted by molar-refractivity contribution is 0.636. The first-order valence-electron chi connectivity index (χ1n) is 5.00. The quantitative estimate of drug-likeness (QED) is 0.791. The van der Waals surface area contributed by atoms with E-state index in [0.717, 1.165) is 0 Å². The number of nitrogens with zero attached hydrogens (tertiary/aromatic N) is 4. The van der Waals surface area contributed by atoms with Gasteiger partial charge < -0.3 is 9.88 Å². The molecule has 0 bridgehead atoms. The SMILES string of the molecule is Cn1ccnc(NCCn2cccn2)c1=O. The number of aromatic nitrogens is 4. The van der Waals surface area contributed by atoms with Crippen LogP contribution in [0.25, 0.3) is 0 Å². The molecule has 0 aliphatic heterocycles. The molecule has 2 rings (SSSR count). The van der Waals surface area contributed by atoms with E-state index in [1.165, 1.54) is 4.57 Å².